The molecule has 4 rings (SSSR count). The Balaban J connectivity index is 1.40. The van der Waals surface area contributed by atoms with Crippen LogP contribution in [0.1, 0.15) is 35.4 Å². The van der Waals surface area contributed by atoms with E-state index >= 15 is 0 Å². The lowest BCUT2D eigenvalue weighted by Gasteiger charge is -2.30. The van der Waals surface area contributed by atoms with Gasteiger partial charge in [-0.05, 0) is 84.3 Å². The number of thiophene rings is 1. The minimum absolute atomic E-state index is 0.623. The normalized spacial score (nSPS) is 16.8. The number of hydrogen-bond acceptors (Lipinski definition) is 3. The second-order valence-electron chi connectivity index (χ2n) is 7.42. The monoisotopic (exact) mass is 365 g/mol. The Morgan fingerprint density at radius 3 is 3.00 bits per heavy atom. The number of methoxy groups -OCH3 is 1. The third kappa shape index (κ3) is 3.65. The highest BCUT2D eigenvalue weighted by Gasteiger charge is 2.23. The van der Waals surface area contributed by atoms with E-state index in [0.717, 1.165) is 31.7 Å². The van der Waals surface area contributed by atoms with Crippen molar-refractivity contribution in [3.05, 3.63) is 64.5 Å². The third-order valence-corrected chi connectivity index (χ3v) is 6.54. The molecular weight excluding hydrogens is 338 g/mol. The van der Waals surface area contributed by atoms with Crippen molar-refractivity contribution in [1.82, 2.24) is 4.90 Å². The first kappa shape index (κ1) is 17.6. The summed E-state index contributed by atoms with van der Waals surface area (Å²) in [5, 5.41) is 3.55. The molecule has 0 fully saturated rings. The molecule has 0 N–H and O–H groups in total. The number of rotatable bonds is 6. The fraction of sp³-hybridized carbons (Fsp3) is 0.391. The summed E-state index contributed by atoms with van der Waals surface area (Å²) in [5.74, 6) is 1.69. The molecule has 2 aromatic carbocycles. The first-order valence-electron chi connectivity index (χ1n) is 9.55. The van der Waals surface area contributed by atoms with Crippen LogP contribution in [0.25, 0.3) is 10.1 Å². The molecule has 3 heteroatoms. The second kappa shape index (κ2) is 7.81. The predicted octanol–water partition coefficient (Wildman–Crippen LogP) is 5.50. The van der Waals surface area contributed by atoms with Crippen LogP contribution < -0.4 is 4.74 Å². The first-order valence-corrected chi connectivity index (χ1v) is 10.4. The molecule has 0 amide bonds. The smallest absolute Gasteiger partial charge is 0.122 e. The Kier molecular flexibility index (Phi) is 5.28. The molecule has 0 saturated carbocycles. The van der Waals surface area contributed by atoms with E-state index in [1.165, 1.54) is 39.6 Å². The van der Waals surface area contributed by atoms with Crippen molar-refractivity contribution in [2.75, 3.05) is 27.2 Å². The van der Waals surface area contributed by atoms with Gasteiger partial charge in [0.2, 0.25) is 0 Å². The Labute approximate surface area is 160 Å². The Hall–Kier alpha value is -1.84. The number of fused-ring (bicyclic) bond motifs is 2. The van der Waals surface area contributed by atoms with E-state index in [1.54, 1.807) is 7.11 Å². The molecule has 1 aliphatic rings. The summed E-state index contributed by atoms with van der Waals surface area (Å²) in [6, 6.07) is 15.7. The van der Waals surface area contributed by atoms with E-state index in [4.69, 9.17) is 4.74 Å². The third-order valence-electron chi connectivity index (χ3n) is 5.64. The van der Waals surface area contributed by atoms with Crippen molar-refractivity contribution < 1.29 is 4.74 Å². The van der Waals surface area contributed by atoms with Crippen LogP contribution in [0.3, 0.4) is 0 Å². The highest BCUT2D eigenvalue weighted by Crippen LogP contribution is 2.36. The molecule has 1 aromatic heterocycles. The average molecular weight is 366 g/mol. The molecule has 1 atom stereocenters. The van der Waals surface area contributed by atoms with Gasteiger partial charge in [-0.15, -0.1) is 11.3 Å². The van der Waals surface area contributed by atoms with Crippen molar-refractivity contribution in [3.8, 4) is 5.75 Å². The van der Waals surface area contributed by atoms with Crippen LogP contribution >= 0.6 is 11.3 Å². The van der Waals surface area contributed by atoms with Gasteiger partial charge in [-0.2, -0.15) is 0 Å². The van der Waals surface area contributed by atoms with Gasteiger partial charge in [0.25, 0.3) is 0 Å². The average Bonchev–Trinajstić information content (AvgIpc) is 3.14. The van der Waals surface area contributed by atoms with Crippen LogP contribution in [0.5, 0.6) is 5.75 Å². The SMILES string of the molecule is COc1cccc2c1CCCC2CN(C)CCc1ccc2sccc2c1. The summed E-state index contributed by atoms with van der Waals surface area (Å²) in [5.41, 5.74) is 4.37. The summed E-state index contributed by atoms with van der Waals surface area (Å²) in [4.78, 5) is 2.50. The summed E-state index contributed by atoms with van der Waals surface area (Å²) in [6.45, 7) is 2.23. The molecule has 1 unspecified atom stereocenters. The molecule has 136 valence electrons. The van der Waals surface area contributed by atoms with Crippen LogP contribution in [0.4, 0.5) is 0 Å². The maximum Gasteiger partial charge on any atom is 0.122 e. The highest BCUT2D eigenvalue weighted by atomic mass is 32.1. The zero-order valence-electron chi connectivity index (χ0n) is 15.7. The van der Waals surface area contributed by atoms with Crippen LogP contribution in [0.2, 0.25) is 0 Å². The van der Waals surface area contributed by atoms with Gasteiger partial charge in [-0.1, -0.05) is 24.3 Å². The van der Waals surface area contributed by atoms with Crippen molar-refractivity contribution in [2.24, 2.45) is 0 Å². The van der Waals surface area contributed by atoms with E-state index in [2.05, 4.69) is 59.8 Å². The molecule has 1 aliphatic carbocycles. The predicted molar refractivity (Wildman–Crippen MR) is 112 cm³/mol. The molecule has 0 spiro atoms. The molecule has 26 heavy (non-hydrogen) atoms. The maximum absolute atomic E-state index is 5.59. The van der Waals surface area contributed by atoms with E-state index in [-0.39, 0.29) is 0 Å². The second-order valence-corrected chi connectivity index (χ2v) is 8.37. The van der Waals surface area contributed by atoms with E-state index in [0.29, 0.717) is 5.92 Å². The molecular formula is C23H27NOS. The standard InChI is InChI=1S/C23H27NOS/c1-24(13-11-17-9-10-23-18(15-17)12-14-26-23)16-19-5-3-7-21-20(19)6-4-8-22(21)25-2/h4,6,8-10,12,14-15,19H,3,5,7,11,13,16H2,1-2H3. The highest BCUT2D eigenvalue weighted by molar-refractivity contribution is 7.17. The molecule has 0 radical (unpaired) electrons. The number of nitrogens with zero attached hydrogens (tertiary/aromatic N) is 1. The summed E-state index contributed by atoms with van der Waals surface area (Å²) < 4.78 is 6.97. The minimum Gasteiger partial charge on any atom is -0.496 e. The fourth-order valence-corrected chi connectivity index (χ4v) is 5.02. The number of hydrogen-bond donors (Lipinski definition) is 0. The Bertz CT molecular complexity index is 885. The van der Waals surface area contributed by atoms with E-state index < -0.39 is 0 Å². The lowest BCUT2D eigenvalue weighted by molar-refractivity contribution is 0.299. The quantitative estimate of drug-likeness (QED) is 0.571. The van der Waals surface area contributed by atoms with Gasteiger partial charge >= 0.3 is 0 Å². The first-order chi connectivity index (χ1) is 12.7. The van der Waals surface area contributed by atoms with E-state index in [9.17, 15) is 0 Å². The summed E-state index contributed by atoms with van der Waals surface area (Å²) in [7, 11) is 4.05. The van der Waals surface area contributed by atoms with Gasteiger partial charge in [0.05, 0.1) is 7.11 Å². The number of benzene rings is 2. The molecule has 0 bridgehead atoms. The molecule has 3 aromatic rings. The molecule has 0 saturated heterocycles. The molecule has 2 nitrogen and oxygen atoms in total. The number of likely N-dealkylation sites (N-methyl/N-ethyl adjacent to an activating group) is 1. The summed E-state index contributed by atoms with van der Waals surface area (Å²) in [6.07, 6.45) is 4.81. The zero-order chi connectivity index (χ0) is 17.9. The van der Waals surface area contributed by atoms with Crippen molar-refractivity contribution in [2.45, 2.75) is 31.6 Å². The lowest BCUT2D eigenvalue weighted by Crippen LogP contribution is -2.28. The van der Waals surface area contributed by atoms with Gasteiger partial charge in [-0.3, -0.25) is 0 Å². The van der Waals surface area contributed by atoms with Crippen LogP contribution in [-0.2, 0) is 12.8 Å². The Morgan fingerprint density at radius 2 is 2.12 bits per heavy atom. The topological polar surface area (TPSA) is 12.5 Å². The van der Waals surface area contributed by atoms with Gasteiger partial charge in [0.15, 0.2) is 0 Å². The number of ether oxygens (including phenoxy) is 1. The zero-order valence-corrected chi connectivity index (χ0v) is 16.5. The summed E-state index contributed by atoms with van der Waals surface area (Å²) >= 11 is 1.82. The molecule has 0 aliphatic heterocycles. The van der Waals surface area contributed by atoms with Crippen molar-refractivity contribution in [3.63, 3.8) is 0 Å². The molecule has 1 heterocycles. The van der Waals surface area contributed by atoms with Gasteiger partial charge in [-0.25, -0.2) is 0 Å². The minimum atomic E-state index is 0.623. The van der Waals surface area contributed by atoms with Crippen molar-refractivity contribution in [1.29, 1.82) is 0 Å². The van der Waals surface area contributed by atoms with Crippen LogP contribution in [-0.4, -0.2) is 32.1 Å². The van der Waals surface area contributed by atoms with Gasteiger partial charge in [0.1, 0.15) is 5.75 Å². The van der Waals surface area contributed by atoms with Crippen molar-refractivity contribution >= 4 is 21.4 Å². The van der Waals surface area contributed by atoms with Gasteiger partial charge in [0, 0.05) is 17.8 Å². The maximum atomic E-state index is 5.59. The Morgan fingerprint density at radius 1 is 1.19 bits per heavy atom. The largest absolute Gasteiger partial charge is 0.496 e. The van der Waals surface area contributed by atoms with Crippen LogP contribution in [0.15, 0.2) is 47.8 Å². The van der Waals surface area contributed by atoms with E-state index in [1.807, 2.05) is 11.3 Å². The van der Waals surface area contributed by atoms with Gasteiger partial charge < -0.3 is 9.64 Å². The lowest BCUT2D eigenvalue weighted by atomic mass is 9.82. The fourth-order valence-electron chi connectivity index (χ4n) is 4.25. The van der Waals surface area contributed by atoms with Crippen LogP contribution in [0, 0.1) is 0 Å².